The van der Waals surface area contributed by atoms with Gasteiger partial charge in [0.05, 0.1) is 29.2 Å². The molecule has 1 aliphatic heterocycles. The Morgan fingerprint density at radius 3 is 2.69 bits per heavy atom. The second-order valence-electron chi connectivity index (χ2n) is 8.68. The highest BCUT2D eigenvalue weighted by molar-refractivity contribution is 6.46. The Balaban J connectivity index is 1.46. The first-order valence-electron chi connectivity index (χ1n) is 11.7. The molecule has 3 heterocycles. The van der Waals surface area contributed by atoms with Crippen LogP contribution >= 0.6 is 0 Å². The van der Waals surface area contributed by atoms with Crippen molar-refractivity contribution in [3.8, 4) is 11.4 Å². The zero-order chi connectivity index (χ0) is 25.1. The van der Waals surface area contributed by atoms with E-state index in [2.05, 4.69) is 31.0 Å². The lowest BCUT2D eigenvalue weighted by Crippen LogP contribution is -2.47. The Morgan fingerprint density at radius 1 is 1.14 bits per heavy atom. The zero-order valence-electron chi connectivity index (χ0n) is 19.7. The molecule has 5 N–H and O–H groups in total. The molecule has 10 heteroatoms. The van der Waals surface area contributed by atoms with Gasteiger partial charge in [0.2, 0.25) is 5.91 Å². The number of nitrogens with one attached hydrogen (secondary N) is 4. The SMILES string of the molecule is CB(O)N[C@H](CCc1ccccc1)C(=O)Nc1cc2c3c(c(-c4ccccn4)[nH]c3c1)C=NNC2=O. The van der Waals surface area contributed by atoms with Crippen molar-refractivity contribution in [2.45, 2.75) is 25.7 Å². The van der Waals surface area contributed by atoms with E-state index in [0.717, 1.165) is 16.8 Å². The van der Waals surface area contributed by atoms with Crippen molar-refractivity contribution in [2.24, 2.45) is 5.10 Å². The van der Waals surface area contributed by atoms with Crippen LogP contribution in [0, 0.1) is 0 Å². The van der Waals surface area contributed by atoms with Crippen LogP contribution in [0.25, 0.3) is 22.3 Å². The number of hydrazone groups is 1. The number of aromatic amines is 1. The number of nitrogens with zero attached hydrogens (tertiary/aromatic N) is 2. The molecule has 180 valence electrons. The quantitative estimate of drug-likeness (QED) is 0.248. The summed E-state index contributed by atoms with van der Waals surface area (Å²) in [5.74, 6) is -0.680. The van der Waals surface area contributed by atoms with E-state index in [1.54, 1.807) is 31.4 Å². The van der Waals surface area contributed by atoms with Crippen molar-refractivity contribution in [1.82, 2.24) is 20.6 Å². The van der Waals surface area contributed by atoms with E-state index >= 15 is 0 Å². The van der Waals surface area contributed by atoms with Gasteiger partial charge in [-0.2, -0.15) is 5.10 Å². The Hall–Kier alpha value is -4.28. The molecule has 0 saturated carbocycles. The summed E-state index contributed by atoms with van der Waals surface area (Å²) in [5, 5.41) is 20.5. The fourth-order valence-corrected chi connectivity index (χ4v) is 4.43. The normalized spacial score (nSPS) is 13.2. The van der Waals surface area contributed by atoms with Gasteiger partial charge in [-0.3, -0.25) is 14.6 Å². The standard InChI is InChI=1S/C26H25BN6O3/c1-27(36)32-21(11-10-16-7-3-2-4-8-16)26(35)30-17-13-18-23-19(15-29-33-25(18)34)24(31-22(23)14-17)20-9-5-6-12-28-20/h2-9,12-15,21,31-32,36H,10-11H2,1H3,(H,30,35)(H,33,34)/t21-/m1/s1. The minimum Gasteiger partial charge on any atom is -0.437 e. The number of amides is 2. The molecule has 0 unspecified atom stereocenters. The van der Waals surface area contributed by atoms with Crippen molar-refractivity contribution < 1.29 is 14.6 Å². The fraction of sp³-hybridized carbons (Fsp3) is 0.154. The molecule has 0 spiro atoms. The van der Waals surface area contributed by atoms with Crippen LogP contribution in [-0.4, -0.2) is 46.1 Å². The summed E-state index contributed by atoms with van der Waals surface area (Å²) in [7, 11) is -0.863. The lowest BCUT2D eigenvalue weighted by molar-refractivity contribution is -0.118. The van der Waals surface area contributed by atoms with Gasteiger partial charge in [0.1, 0.15) is 0 Å². The van der Waals surface area contributed by atoms with Crippen LogP contribution in [-0.2, 0) is 11.2 Å². The summed E-state index contributed by atoms with van der Waals surface area (Å²) in [5.41, 5.74) is 7.32. The van der Waals surface area contributed by atoms with Crippen molar-refractivity contribution in [3.05, 3.63) is 83.6 Å². The molecule has 0 bridgehead atoms. The number of carbonyl (C=O) groups is 2. The molecule has 4 aromatic rings. The number of rotatable bonds is 8. The Bertz CT molecular complexity index is 1440. The lowest BCUT2D eigenvalue weighted by atomic mass is 9.86. The second kappa shape index (κ2) is 10.1. The zero-order valence-corrected chi connectivity index (χ0v) is 19.7. The Labute approximate surface area is 208 Å². The average Bonchev–Trinajstić information content (AvgIpc) is 3.16. The summed E-state index contributed by atoms with van der Waals surface area (Å²) >= 11 is 0. The predicted octanol–water partition coefficient (Wildman–Crippen LogP) is 2.95. The molecule has 36 heavy (non-hydrogen) atoms. The molecule has 0 radical (unpaired) electrons. The van der Waals surface area contributed by atoms with E-state index < -0.39 is 13.1 Å². The fourth-order valence-electron chi connectivity index (χ4n) is 4.43. The van der Waals surface area contributed by atoms with Crippen molar-refractivity contribution >= 4 is 41.7 Å². The van der Waals surface area contributed by atoms with Crippen molar-refractivity contribution in [1.29, 1.82) is 0 Å². The highest BCUT2D eigenvalue weighted by Gasteiger charge is 2.25. The summed E-state index contributed by atoms with van der Waals surface area (Å²) < 4.78 is 0. The predicted molar refractivity (Wildman–Crippen MR) is 141 cm³/mol. The number of anilines is 1. The molecule has 1 atom stereocenters. The van der Waals surface area contributed by atoms with Crippen LogP contribution in [0.3, 0.4) is 0 Å². The van der Waals surface area contributed by atoms with Gasteiger partial charge in [0.25, 0.3) is 5.91 Å². The molecule has 2 aromatic heterocycles. The highest BCUT2D eigenvalue weighted by atomic mass is 16.2. The minimum atomic E-state index is -0.863. The van der Waals surface area contributed by atoms with Gasteiger partial charge in [-0.05, 0) is 49.5 Å². The molecule has 2 aromatic carbocycles. The molecular weight excluding hydrogens is 455 g/mol. The van der Waals surface area contributed by atoms with Gasteiger partial charge in [0.15, 0.2) is 0 Å². The van der Waals surface area contributed by atoms with Crippen molar-refractivity contribution in [2.75, 3.05) is 5.32 Å². The molecule has 0 aliphatic carbocycles. The molecule has 1 aliphatic rings. The summed E-state index contributed by atoms with van der Waals surface area (Å²) in [6.07, 6.45) is 4.44. The number of hydrogen-bond acceptors (Lipinski definition) is 6. The Morgan fingerprint density at radius 2 is 1.94 bits per heavy atom. The van der Waals surface area contributed by atoms with Crippen LogP contribution in [0.4, 0.5) is 5.69 Å². The first kappa shape index (κ1) is 23.5. The topological polar surface area (TPSA) is 132 Å². The van der Waals surface area contributed by atoms with Gasteiger partial charge >= 0.3 is 7.05 Å². The van der Waals surface area contributed by atoms with Gasteiger partial charge < -0.3 is 20.6 Å². The molecule has 0 saturated heterocycles. The number of aromatic nitrogens is 2. The largest absolute Gasteiger partial charge is 0.437 e. The minimum absolute atomic E-state index is 0.305. The maximum absolute atomic E-state index is 13.2. The van der Waals surface area contributed by atoms with Crippen LogP contribution in [0.5, 0.6) is 0 Å². The summed E-state index contributed by atoms with van der Waals surface area (Å²) in [6.45, 7) is 1.58. The molecular formula is C26H25BN6O3. The second-order valence-corrected chi connectivity index (χ2v) is 8.68. The number of carbonyl (C=O) groups excluding carboxylic acids is 2. The maximum Gasteiger partial charge on any atom is 0.374 e. The third-order valence-electron chi connectivity index (χ3n) is 6.05. The molecule has 0 fully saturated rings. The van der Waals surface area contributed by atoms with Crippen LogP contribution in [0.15, 0.2) is 72.0 Å². The van der Waals surface area contributed by atoms with E-state index in [1.165, 1.54) is 0 Å². The molecule has 9 nitrogen and oxygen atoms in total. The number of aryl methyl sites for hydroxylation is 1. The van der Waals surface area contributed by atoms with Gasteiger partial charge in [0, 0.05) is 28.4 Å². The summed E-state index contributed by atoms with van der Waals surface area (Å²) in [4.78, 5) is 33.8. The average molecular weight is 480 g/mol. The monoisotopic (exact) mass is 480 g/mol. The van der Waals surface area contributed by atoms with Crippen LogP contribution in [0.2, 0.25) is 6.82 Å². The highest BCUT2D eigenvalue weighted by Crippen LogP contribution is 2.33. The number of benzene rings is 2. The maximum atomic E-state index is 13.2. The third kappa shape index (κ3) is 4.90. The van der Waals surface area contributed by atoms with Crippen molar-refractivity contribution in [3.63, 3.8) is 0 Å². The van der Waals surface area contributed by atoms with E-state index in [9.17, 15) is 14.6 Å². The smallest absolute Gasteiger partial charge is 0.374 e. The first-order chi connectivity index (χ1) is 17.5. The lowest BCUT2D eigenvalue weighted by Gasteiger charge is -2.19. The van der Waals surface area contributed by atoms with Crippen LogP contribution in [0.1, 0.15) is 27.9 Å². The van der Waals surface area contributed by atoms with Crippen LogP contribution < -0.4 is 16.0 Å². The number of pyridine rings is 1. The van der Waals surface area contributed by atoms with E-state index in [4.69, 9.17) is 0 Å². The summed E-state index contributed by atoms with van der Waals surface area (Å²) in [6, 6.07) is 18.2. The van der Waals surface area contributed by atoms with E-state index in [1.807, 2.05) is 48.5 Å². The van der Waals surface area contributed by atoms with Gasteiger partial charge in [-0.1, -0.05) is 36.4 Å². The van der Waals surface area contributed by atoms with E-state index in [-0.39, 0.29) is 11.8 Å². The van der Waals surface area contributed by atoms with Gasteiger partial charge in [-0.25, -0.2) is 5.43 Å². The Kier molecular flexibility index (Phi) is 6.61. The third-order valence-corrected chi connectivity index (χ3v) is 6.05. The first-order valence-corrected chi connectivity index (χ1v) is 11.7. The van der Waals surface area contributed by atoms with E-state index in [0.29, 0.717) is 40.7 Å². The number of hydrogen-bond donors (Lipinski definition) is 5. The van der Waals surface area contributed by atoms with Gasteiger partial charge in [-0.15, -0.1) is 0 Å². The number of H-pyrrole nitrogens is 1. The molecule has 5 rings (SSSR count). The molecule has 2 amide bonds.